The predicted octanol–water partition coefficient (Wildman–Crippen LogP) is 4.99. The first-order valence-electron chi connectivity index (χ1n) is 7.56. The molecular formula is C18H13BrClN3O2S. The minimum Gasteiger partial charge on any atom is -0.326 e. The molecule has 0 aliphatic rings. The highest BCUT2D eigenvalue weighted by Gasteiger charge is 2.11. The zero-order valence-corrected chi connectivity index (χ0v) is 16.5. The van der Waals surface area contributed by atoms with Crippen molar-refractivity contribution in [3.63, 3.8) is 0 Å². The van der Waals surface area contributed by atoms with Gasteiger partial charge < -0.3 is 5.32 Å². The Labute approximate surface area is 167 Å². The van der Waals surface area contributed by atoms with Crippen molar-refractivity contribution < 1.29 is 9.59 Å². The van der Waals surface area contributed by atoms with Crippen molar-refractivity contribution in [2.24, 2.45) is 0 Å². The number of halogens is 2. The number of rotatable bonds is 5. The summed E-state index contributed by atoms with van der Waals surface area (Å²) in [7, 11) is 0. The van der Waals surface area contributed by atoms with Crippen LogP contribution in [0.25, 0.3) is 0 Å². The van der Waals surface area contributed by atoms with Crippen LogP contribution in [0.15, 0.2) is 58.4 Å². The van der Waals surface area contributed by atoms with E-state index in [2.05, 4.69) is 31.5 Å². The summed E-state index contributed by atoms with van der Waals surface area (Å²) < 4.78 is 0.885. The number of nitrogens with one attached hydrogen (secondary N) is 2. The summed E-state index contributed by atoms with van der Waals surface area (Å²) in [4.78, 5) is 28.6. The maximum atomic E-state index is 12.2. The van der Waals surface area contributed by atoms with Gasteiger partial charge in [-0.05, 0) is 42.5 Å². The van der Waals surface area contributed by atoms with Gasteiger partial charge in [0.05, 0.1) is 12.1 Å². The van der Waals surface area contributed by atoms with E-state index in [0.29, 0.717) is 27.1 Å². The van der Waals surface area contributed by atoms with Crippen LogP contribution in [0.1, 0.15) is 16.1 Å². The van der Waals surface area contributed by atoms with Crippen molar-refractivity contribution in [1.29, 1.82) is 0 Å². The van der Waals surface area contributed by atoms with E-state index in [1.165, 1.54) is 11.3 Å². The van der Waals surface area contributed by atoms with E-state index in [1.54, 1.807) is 29.6 Å². The van der Waals surface area contributed by atoms with Gasteiger partial charge in [0.2, 0.25) is 5.91 Å². The number of amides is 2. The lowest BCUT2D eigenvalue weighted by atomic mass is 10.2. The van der Waals surface area contributed by atoms with Crippen LogP contribution < -0.4 is 10.6 Å². The molecule has 0 radical (unpaired) electrons. The summed E-state index contributed by atoms with van der Waals surface area (Å²) in [6, 6.07) is 13.9. The molecule has 3 aromatic rings. The fraction of sp³-hybridized carbons (Fsp3) is 0.0556. The molecule has 5 nitrogen and oxygen atoms in total. The molecule has 0 aliphatic carbocycles. The lowest BCUT2D eigenvalue weighted by Gasteiger charge is -2.04. The molecule has 2 aromatic carbocycles. The number of carbonyl (C=O) groups is 2. The summed E-state index contributed by atoms with van der Waals surface area (Å²) in [6.45, 7) is 0. The lowest BCUT2D eigenvalue weighted by Crippen LogP contribution is -2.15. The second kappa shape index (κ2) is 8.44. The number of aromatic nitrogens is 1. The van der Waals surface area contributed by atoms with Gasteiger partial charge in [-0.2, -0.15) is 0 Å². The van der Waals surface area contributed by atoms with Crippen LogP contribution in [-0.2, 0) is 11.2 Å². The van der Waals surface area contributed by atoms with Crippen molar-refractivity contribution in [3.8, 4) is 0 Å². The van der Waals surface area contributed by atoms with E-state index >= 15 is 0 Å². The Morgan fingerprint density at radius 3 is 2.62 bits per heavy atom. The van der Waals surface area contributed by atoms with E-state index < -0.39 is 0 Å². The zero-order valence-electron chi connectivity index (χ0n) is 13.3. The Morgan fingerprint density at radius 2 is 1.88 bits per heavy atom. The summed E-state index contributed by atoms with van der Waals surface area (Å²) in [5, 5.41) is 8.28. The van der Waals surface area contributed by atoms with Gasteiger partial charge in [-0.1, -0.05) is 33.6 Å². The molecule has 3 rings (SSSR count). The van der Waals surface area contributed by atoms with Crippen LogP contribution in [0, 0.1) is 0 Å². The molecule has 0 aliphatic heterocycles. The molecule has 0 atom stereocenters. The molecule has 1 aromatic heterocycles. The molecule has 2 N–H and O–H groups in total. The van der Waals surface area contributed by atoms with Crippen LogP contribution >= 0.6 is 38.9 Å². The number of thiazole rings is 1. The Kier molecular flexibility index (Phi) is 6.03. The largest absolute Gasteiger partial charge is 0.326 e. The molecule has 26 heavy (non-hydrogen) atoms. The fourth-order valence-corrected chi connectivity index (χ4v) is 3.38. The number of hydrogen-bond acceptors (Lipinski definition) is 4. The van der Waals surface area contributed by atoms with Crippen molar-refractivity contribution >= 4 is 61.5 Å². The topological polar surface area (TPSA) is 71.1 Å². The van der Waals surface area contributed by atoms with Crippen molar-refractivity contribution in [3.05, 3.63) is 74.7 Å². The minimum atomic E-state index is -0.277. The SMILES string of the molecule is O=C(Cc1csc(NC(=O)c2ccc(Cl)cc2)n1)Nc1cccc(Br)c1. The maximum absolute atomic E-state index is 12.2. The monoisotopic (exact) mass is 449 g/mol. The molecule has 132 valence electrons. The van der Waals surface area contributed by atoms with Crippen molar-refractivity contribution in [2.45, 2.75) is 6.42 Å². The maximum Gasteiger partial charge on any atom is 0.257 e. The molecular weight excluding hydrogens is 438 g/mol. The van der Waals surface area contributed by atoms with Crippen LogP contribution in [0.2, 0.25) is 5.02 Å². The molecule has 1 heterocycles. The lowest BCUT2D eigenvalue weighted by molar-refractivity contribution is -0.115. The molecule has 0 bridgehead atoms. The van der Waals surface area contributed by atoms with Gasteiger partial charge >= 0.3 is 0 Å². The average molecular weight is 451 g/mol. The van der Waals surface area contributed by atoms with Crippen LogP contribution in [0.4, 0.5) is 10.8 Å². The first kappa shape index (κ1) is 18.6. The highest BCUT2D eigenvalue weighted by atomic mass is 79.9. The third-order valence-electron chi connectivity index (χ3n) is 3.33. The molecule has 0 fully saturated rings. The van der Waals surface area contributed by atoms with Gasteiger partial charge in [-0.3, -0.25) is 14.9 Å². The van der Waals surface area contributed by atoms with Gasteiger partial charge in [0.1, 0.15) is 0 Å². The highest BCUT2D eigenvalue weighted by molar-refractivity contribution is 9.10. The molecule has 0 spiro atoms. The Bertz CT molecular complexity index is 944. The summed E-state index contributed by atoms with van der Waals surface area (Å²) in [6.07, 6.45) is 0.125. The summed E-state index contributed by atoms with van der Waals surface area (Å²) in [5.74, 6) is -0.454. The Hall–Kier alpha value is -2.22. The fourth-order valence-electron chi connectivity index (χ4n) is 2.15. The third kappa shape index (κ3) is 5.14. The van der Waals surface area contributed by atoms with Gasteiger partial charge in [0.25, 0.3) is 5.91 Å². The van der Waals surface area contributed by atoms with Gasteiger partial charge in [-0.15, -0.1) is 11.3 Å². The molecule has 8 heteroatoms. The predicted molar refractivity (Wildman–Crippen MR) is 108 cm³/mol. The second-order valence-electron chi connectivity index (χ2n) is 5.34. The van der Waals surface area contributed by atoms with Gasteiger partial charge in [0.15, 0.2) is 5.13 Å². The quantitative estimate of drug-likeness (QED) is 0.575. The number of benzene rings is 2. The van der Waals surface area contributed by atoms with Crippen molar-refractivity contribution in [1.82, 2.24) is 4.98 Å². The third-order valence-corrected chi connectivity index (χ3v) is 4.88. The Morgan fingerprint density at radius 1 is 1.12 bits per heavy atom. The zero-order chi connectivity index (χ0) is 18.5. The minimum absolute atomic E-state index is 0.125. The number of hydrogen-bond donors (Lipinski definition) is 2. The first-order chi connectivity index (χ1) is 12.5. The number of anilines is 2. The summed E-state index contributed by atoms with van der Waals surface area (Å²) in [5.41, 5.74) is 1.78. The molecule has 2 amide bonds. The van der Waals surface area contributed by atoms with Crippen LogP contribution in [0.5, 0.6) is 0 Å². The van der Waals surface area contributed by atoms with E-state index in [1.807, 2.05) is 24.3 Å². The standard InChI is InChI=1S/C18H13BrClN3O2S/c19-12-2-1-3-14(8-12)21-16(24)9-15-10-26-18(22-15)23-17(25)11-4-6-13(20)7-5-11/h1-8,10H,9H2,(H,21,24)(H,22,23,25). The van der Waals surface area contributed by atoms with E-state index in [-0.39, 0.29) is 18.2 Å². The summed E-state index contributed by atoms with van der Waals surface area (Å²) >= 11 is 10.4. The smallest absolute Gasteiger partial charge is 0.257 e. The van der Waals surface area contributed by atoms with Gasteiger partial charge in [0, 0.05) is 26.1 Å². The normalized spacial score (nSPS) is 10.4. The van der Waals surface area contributed by atoms with E-state index in [4.69, 9.17) is 11.6 Å². The molecule has 0 unspecified atom stereocenters. The molecule has 0 saturated heterocycles. The first-order valence-corrected chi connectivity index (χ1v) is 9.61. The van der Waals surface area contributed by atoms with E-state index in [0.717, 1.165) is 4.47 Å². The van der Waals surface area contributed by atoms with Crippen LogP contribution in [0.3, 0.4) is 0 Å². The van der Waals surface area contributed by atoms with E-state index in [9.17, 15) is 9.59 Å². The Balaban J connectivity index is 1.58. The molecule has 0 saturated carbocycles. The number of carbonyl (C=O) groups excluding carboxylic acids is 2. The van der Waals surface area contributed by atoms with Crippen LogP contribution in [-0.4, -0.2) is 16.8 Å². The second-order valence-corrected chi connectivity index (χ2v) is 7.55. The van der Waals surface area contributed by atoms with Gasteiger partial charge in [-0.25, -0.2) is 4.98 Å². The average Bonchev–Trinajstić information content (AvgIpc) is 3.02. The number of nitrogens with zero attached hydrogens (tertiary/aromatic N) is 1. The highest BCUT2D eigenvalue weighted by Crippen LogP contribution is 2.19. The van der Waals surface area contributed by atoms with Crippen molar-refractivity contribution in [2.75, 3.05) is 10.6 Å².